The summed E-state index contributed by atoms with van der Waals surface area (Å²) in [5, 5.41) is 0.397. The van der Waals surface area contributed by atoms with Crippen LogP contribution in [0.2, 0.25) is 5.02 Å². The summed E-state index contributed by atoms with van der Waals surface area (Å²) in [5.74, 6) is 0. The van der Waals surface area contributed by atoms with E-state index in [0.29, 0.717) is 23.9 Å². The van der Waals surface area contributed by atoms with E-state index >= 15 is 0 Å². The third kappa shape index (κ3) is 3.41. The summed E-state index contributed by atoms with van der Waals surface area (Å²) in [5.41, 5.74) is -0.282. The van der Waals surface area contributed by atoms with Crippen molar-refractivity contribution in [3.63, 3.8) is 0 Å². The Bertz CT molecular complexity index is 1110. The molecule has 1 aromatic heterocycles. The van der Waals surface area contributed by atoms with Gasteiger partial charge in [-0.25, -0.2) is 13.4 Å². The lowest BCUT2D eigenvalue weighted by Crippen LogP contribution is -2.31. The van der Waals surface area contributed by atoms with Crippen molar-refractivity contribution in [2.75, 3.05) is 6.54 Å². The average Bonchev–Trinajstić information content (AvgIpc) is 3.27. The van der Waals surface area contributed by atoms with Crippen LogP contribution in [0, 0.1) is 0 Å². The molecule has 0 spiro atoms. The number of rotatable bonds is 3. The lowest BCUT2D eigenvalue weighted by atomic mass is 10.2. The van der Waals surface area contributed by atoms with Gasteiger partial charge in [0.05, 0.1) is 26.8 Å². The average molecular weight is 447 g/mol. The first-order valence-corrected chi connectivity index (χ1v) is 11.1. The molecule has 0 saturated carbocycles. The van der Waals surface area contributed by atoms with Gasteiger partial charge in [0.25, 0.3) is 0 Å². The highest BCUT2D eigenvalue weighted by atomic mass is 35.5. The Labute approximate surface area is 168 Å². The van der Waals surface area contributed by atoms with Crippen LogP contribution in [-0.4, -0.2) is 24.3 Å². The van der Waals surface area contributed by atoms with E-state index < -0.39 is 32.7 Å². The molecule has 2 aromatic carbocycles. The van der Waals surface area contributed by atoms with Crippen molar-refractivity contribution in [3.05, 3.63) is 58.1 Å². The molecule has 1 aliphatic heterocycles. The lowest BCUT2D eigenvalue weighted by molar-refractivity contribution is -0.137. The molecular weight excluding hydrogens is 433 g/mol. The zero-order valence-electron chi connectivity index (χ0n) is 14.3. The molecule has 0 unspecified atom stereocenters. The Kier molecular flexibility index (Phi) is 4.89. The van der Waals surface area contributed by atoms with Gasteiger partial charge in [-0.1, -0.05) is 23.7 Å². The molecule has 0 radical (unpaired) electrons. The Morgan fingerprint density at radius 2 is 1.93 bits per heavy atom. The van der Waals surface area contributed by atoms with Crippen molar-refractivity contribution in [3.8, 4) is 0 Å². The summed E-state index contributed by atoms with van der Waals surface area (Å²) in [7, 11) is -4.22. The standard InChI is InChI=1S/C18H14ClF3N2O2S2/c19-12-8-7-11(18(20,21)22)10-16(12)28(25,26)24-9-3-5-14(24)17-23-13-4-1-2-6-15(13)27-17/h1-2,4,6-8,10,14H,3,5,9H2/t14-/m1/s1. The van der Waals surface area contributed by atoms with Crippen LogP contribution in [0.3, 0.4) is 0 Å². The summed E-state index contributed by atoms with van der Waals surface area (Å²) in [6.07, 6.45) is -3.52. The Hall–Kier alpha value is -1.68. The van der Waals surface area contributed by atoms with Crippen LogP contribution >= 0.6 is 22.9 Å². The number of benzene rings is 2. The third-order valence-electron chi connectivity index (χ3n) is 4.64. The molecule has 0 N–H and O–H groups in total. The highest BCUT2D eigenvalue weighted by molar-refractivity contribution is 7.89. The van der Waals surface area contributed by atoms with Crippen LogP contribution in [0.25, 0.3) is 10.2 Å². The van der Waals surface area contributed by atoms with Gasteiger partial charge in [-0.05, 0) is 43.2 Å². The van der Waals surface area contributed by atoms with Gasteiger partial charge in [0, 0.05) is 6.54 Å². The molecule has 0 aliphatic carbocycles. The second-order valence-corrected chi connectivity index (χ2v) is 9.76. The van der Waals surface area contributed by atoms with Gasteiger partial charge in [-0.15, -0.1) is 11.3 Å². The molecule has 3 aromatic rings. The van der Waals surface area contributed by atoms with Gasteiger partial charge in [-0.2, -0.15) is 17.5 Å². The van der Waals surface area contributed by atoms with Gasteiger partial charge in [0.15, 0.2) is 0 Å². The third-order valence-corrected chi connectivity index (χ3v) is 8.17. The van der Waals surface area contributed by atoms with Crippen molar-refractivity contribution in [2.45, 2.75) is 30.0 Å². The minimum atomic E-state index is -4.66. The molecule has 28 heavy (non-hydrogen) atoms. The van der Waals surface area contributed by atoms with Crippen molar-refractivity contribution >= 4 is 43.2 Å². The molecule has 148 valence electrons. The van der Waals surface area contributed by atoms with E-state index in [4.69, 9.17) is 11.6 Å². The number of thiazole rings is 1. The highest BCUT2D eigenvalue weighted by Crippen LogP contribution is 2.42. The molecule has 1 atom stereocenters. The Morgan fingerprint density at radius 3 is 2.64 bits per heavy atom. The Morgan fingerprint density at radius 1 is 1.18 bits per heavy atom. The van der Waals surface area contributed by atoms with Crippen LogP contribution in [0.5, 0.6) is 0 Å². The van der Waals surface area contributed by atoms with Crippen molar-refractivity contribution in [1.82, 2.24) is 9.29 Å². The molecule has 4 nitrogen and oxygen atoms in total. The van der Waals surface area contributed by atoms with Gasteiger partial charge in [0.2, 0.25) is 10.0 Å². The van der Waals surface area contributed by atoms with Crippen molar-refractivity contribution in [2.24, 2.45) is 0 Å². The number of para-hydroxylation sites is 1. The van der Waals surface area contributed by atoms with Gasteiger partial charge < -0.3 is 0 Å². The minimum absolute atomic E-state index is 0.204. The lowest BCUT2D eigenvalue weighted by Gasteiger charge is -2.23. The van der Waals surface area contributed by atoms with E-state index in [1.54, 1.807) is 0 Å². The summed E-state index contributed by atoms with van der Waals surface area (Å²) in [6.45, 7) is 0.204. The van der Waals surface area contributed by atoms with Crippen molar-refractivity contribution in [1.29, 1.82) is 0 Å². The first-order valence-electron chi connectivity index (χ1n) is 8.42. The van der Waals surface area contributed by atoms with E-state index in [0.717, 1.165) is 22.3 Å². The largest absolute Gasteiger partial charge is 0.416 e. The van der Waals surface area contributed by atoms with E-state index in [1.807, 2.05) is 24.3 Å². The molecule has 1 aliphatic rings. The van der Waals surface area contributed by atoms with Crippen LogP contribution < -0.4 is 0 Å². The van der Waals surface area contributed by atoms with Crippen LogP contribution in [0.1, 0.15) is 29.5 Å². The van der Waals surface area contributed by atoms with Gasteiger partial charge in [-0.3, -0.25) is 0 Å². The topological polar surface area (TPSA) is 50.3 Å². The maximum absolute atomic E-state index is 13.2. The predicted molar refractivity (Wildman–Crippen MR) is 102 cm³/mol. The molecule has 4 rings (SSSR count). The SMILES string of the molecule is O=S(=O)(c1cc(C(F)(F)F)ccc1Cl)N1CCC[C@@H]1c1nc2ccccc2s1. The normalized spacial score (nSPS) is 18.8. The fraction of sp³-hybridized carbons (Fsp3) is 0.278. The van der Waals surface area contributed by atoms with Crippen molar-refractivity contribution < 1.29 is 21.6 Å². The predicted octanol–water partition coefficient (Wildman–Crippen LogP) is 5.49. The van der Waals surface area contributed by atoms with Gasteiger partial charge in [0.1, 0.15) is 9.90 Å². The van der Waals surface area contributed by atoms with E-state index in [2.05, 4.69) is 4.98 Å². The van der Waals surface area contributed by atoms with E-state index in [9.17, 15) is 21.6 Å². The highest BCUT2D eigenvalue weighted by Gasteiger charge is 2.40. The van der Waals surface area contributed by atoms with Crippen LogP contribution in [-0.2, 0) is 16.2 Å². The number of fused-ring (bicyclic) bond motifs is 1. The first-order chi connectivity index (χ1) is 13.2. The summed E-state index contributed by atoms with van der Waals surface area (Å²) in [6, 6.07) is 9.28. The second-order valence-electron chi connectivity index (χ2n) is 6.44. The molecule has 1 fully saturated rings. The smallest absolute Gasteiger partial charge is 0.239 e. The molecule has 0 amide bonds. The number of sulfonamides is 1. The molecule has 1 saturated heterocycles. The Balaban J connectivity index is 1.76. The summed E-state index contributed by atoms with van der Waals surface area (Å²) < 4.78 is 67.7. The summed E-state index contributed by atoms with van der Waals surface area (Å²) >= 11 is 7.37. The number of aromatic nitrogens is 1. The van der Waals surface area contributed by atoms with E-state index in [1.165, 1.54) is 15.6 Å². The molecular formula is C18H14ClF3N2O2S2. The number of alkyl halides is 3. The number of hydrogen-bond acceptors (Lipinski definition) is 4. The fourth-order valence-electron chi connectivity index (χ4n) is 3.31. The molecule has 0 bridgehead atoms. The zero-order chi connectivity index (χ0) is 20.1. The molecule has 2 heterocycles. The van der Waals surface area contributed by atoms with E-state index in [-0.39, 0.29) is 11.6 Å². The van der Waals surface area contributed by atoms with Crippen LogP contribution in [0.4, 0.5) is 13.2 Å². The number of halogens is 4. The number of hydrogen-bond donors (Lipinski definition) is 0. The fourth-order valence-corrected chi connectivity index (χ4v) is 6.66. The summed E-state index contributed by atoms with van der Waals surface area (Å²) in [4.78, 5) is 4.00. The first kappa shape index (κ1) is 19.6. The molecule has 10 heteroatoms. The monoisotopic (exact) mass is 446 g/mol. The minimum Gasteiger partial charge on any atom is -0.239 e. The zero-order valence-corrected chi connectivity index (χ0v) is 16.7. The number of nitrogens with zero attached hydrogens (tertiary/aromatic N) is 2. The quantitative estimate of drug-likeness (QED) is 0.534. The maximum Gasteiger partial charge on any atom is 0.416 e. The maximum atomic E-state index is 13.2. The van der Waals surface area contributed by atoms with Crippen LogP contribution in [0.15, 0.2) is 47.4 Å². The van der Waals surface area contributed by atoms with Gasteiger partial charge >= 0.3 is 6.18 Å². The second kappa shape index (κ2) is 6.98.